The fourth-order valence-corrected chi connectivity index (χ4v) is 2.62. The van der Waals surface area contributed by atoms with Crippen molar-refractivity contribution < 1.29 is 9.53 Å². The molecule has 6 nitrogen and oxygen atoms in total. The van der Waals surface area contributed by atoms with Gasteiger partial charge >= 0.3 is 0 Å². The summed E-state index contributed by atoms with van der Waals surface area (Å²) in [5.74, 6) is 0.495. The van der Waals surface area contributed by atoms with Crippen molar-refractivity contribution in [3.8, 4) is 5.75 Å². The van der Waals surface area contributed by atoms with E-state index in [9.17, 15) is 4.79 Å². The van der Waals surface area contributed by atoms with Crippen molar-refractivity contribution in [3.63, 3.8) is 0 Å². The molecule has 6 heteroatoms. The van der Waals surface area contributed by atoms with Crippen molar-refractivity contribution >= 4 is 22.5 Å². The number of H-pyrrole nitrogens is 1. The first-order valence-corrected chi connectivity index (χ1v) is 8.14. The largest absolute Gasteiger partial charge is 0.489 e. The number of nitrogens with zero attached hydrogens (tertiary/aromatic N) is 2. The molecule has 2 aromatic carbocycles. The maximum atomic E-state index is 12.4. The van der Waals surface area contributed by atoms with Crippen molar-refractivity contribution in [2.75, 3.05) is 5.32 Å². The first-order chi connectivity index (χ1) is 12.8. The molecule has 0 atom stereocenters. The fourth-order valence-electron chi connectivity index (χ4n) is 2.62. The Labute approximate surface area is 149 Å². The van der Waals surface area contributed by atoms with Gasteiger partial charge in [0.25, 0.3) is 5.91 Å². The summed E-state index contributed by atoms with van der Waals surface area (Å²) in [6.07, 6.45) is 4.50. The van der Waals surface area contributed by atoms with Gasteiger partial charge in [-0.2, -0.15) is 0 Å². The van der Waals surface area contributed by atoms with Gasteiger partial charge in [-0.15, -0.1) is 0 Å². The lowest BCUT2D eigenvalue weighted by molar-refractivity contribution is 0.102. The fraction of sp³-hybridized carbons (Fsp3) is 0.0500. The smallest absolute Gasteiger partial charge is 0.272 e. The zero-order valence-electron chi connectivity index (χ0n) is 13.8. The second-order valence-electron chi connectivity index (χ2n) is 5.79. The Kier molecular flexibility index (Phi) is 4.30. The summed E-state index contributed by atoms with van der Waals surface area (Å²) < 4.78 is 5.83. The molecule has 26 heavy (non-hydrogen) atoms. The van der Waals surface area contributed by atoms with Crippen molar-refractivity contribution in [2.45, 2.75) is 6.61 Å². The van der Waals surface area contributed by atoms with Gasteiger partial charge in [-0.05, 0) is 23.8 Å². The van der Waals surface area contributed by atoms with E-state index >= 15 is 0 Å². The number of benzene rings is 2. The second kappa shape index (κ2) is 7.06. The highest BCUT2D eigenvalue weighted by atomic mass is 16.5. The number of anilines is 1. The molecule has 0 saturated heterocycles. The lowest BCUT2D eigenvalue weighted by Crippen LogP contribution is -2.12. The Morgan fingerprint density at radius 3 is 2.65 bits per heavy atom. The summed E-state index contributed by atoms with van der Waals surface area (Å²) >= 11 is 0. The van der Waals surface area contributed by atoms with Crippen molar-refractivity contribution in [1.82, 2.24) is 15.0 Å². The number of rotatable bonds is 5. The Hall–Kier alpha value is -3.67. The van der Waals surface area contributed by atoms with Gasteiger partial charge in [0.05, 0.1) is 18.1 Å². The van der Waals surface area contributed by atoms with Gasteiger partial charge in [0, 0.05) is 17.0 Å². The van der Waals surface area contributed by atoms with Crippen LogP contribution in [0.3, 0.4) is 0 Å². The molecule has 0 spiro atoms. The van der Waals surface area contributed by atoms with Crippen molar-refractivity contribution in [2.24, 2.45) is 0 Å². The van der Waals surface area contributed by atoms with Crippen LogP contribution in [0.2, 0.25) is 0 Å². The minimum atomic E-state index is -0.247. The van der Waals surface area contributed by atoms with Gasteiger partial charge < -0.3 is 15.0 Å². The molecule has 4 aromatic rings. The number of ether oxygens (including phenoxy) is 1. The molecule has 0 aliphatic heterocycles. The summed E-state index contributed by atoms with van der Waals surface area (Å²) in [6, 6.07) is 17.5. The maximum absolute atomic E-state index is 12.4. The van der Waals surface area contributed by atoms with Crippen LogP contribution in [0, 0.1) is 0 Å². The van der Waals surface area contributed by atoms with E-state index in [1.54, 1.807) is 18.5 Å². The van der Waals surface area contributed by atoms with Crippen LogP contribution in [0.5, 0.6) is 5.75 Å². The predicted octanol–water partition coefficient (Wildman–Crippen LogP) is 3.79. The van der Waals surface area contributed by atoms with Crippen LogP contribution in [0.25, 0.3) is 10.9 Å². The van der Waals surface area contributed by atoms with Crippen molar-refractivity contribution in [3.05, 3.63) is 84.6 Å². The highest BCUT2D eigenvalue weighted by Crippen LogP contribution is 2.22. The van der Waals surface area contributed by atoms with Gasteiger partial charge in [0.15, 0.2) is 0 Å². The van der Waals surface area contributed by atoms with Gasteiger partial charge in [-0.1, -0.05) is 30.3 Å². The standard InChI is InChI=1S/C20H16N4O2/c25-20(23-16-10-21-13-22-11-16)19-8-15-6-7-17(9-18(15)24-19)26-12-14-4-2-1-3-5-14/h1-11,13,24H,12H2,(H,23,25). The first-order valence-electron chi connectivity index (χ1n) is 8.14. The molecule has 0 aliphatic carbocycles. The van der Waals surface area contributed by atoms with Crippen LogP contribution >= 0.6 is 0 Å². The Bertz CT molecular complexity index is 1030. The van der Waals surface area contributed by atoms with Crippen LogP contribution in [-0.2, 0) is 6.61 Å². The van der Waals surface area contributed by atoms with Gasteiger partial charge in [-0.25, -0.2) is 9.97 Å². The Balaban J connectivity index is 1.49. The van der Waals surface area contributed by atoms with E-state index in [-0.39, 0.29) is 5.91 Å². The number of carbonyl (C=O) groups excluding carboxylic acids is 1. The van der Waals surface area contributed by atoms with Gasteiger partial charge in [0.2, 0.25) is 0 Å². The number of hydrogen-bond donors (Lipinski definition) is 2. The number of aromatic amines is 1. The zero-order chi connectivity index (χ0) is 17.8. The molecule has 2 aromatic heterocycles. The average molecular weight is 344 g/mol. The maximum Gasteiger partial charge on any atom is 0.272 e. The molecule has 2 heterocycles. The SMILES string of the molecule is O=C(Nc1cncnc1)c1cc2ccc(OCc3ccccc3)cc2[nH]1. The van der Waals surface area contributed by atoms with Crippen LogP contribution in [0.4, 0.5) is 5.69 Å². The van der Waals surface area contributed by atoms with E-state index < -0.39 is 0 Å². The lowest BCUT2D eigenvalue weighted by Gasteiger charge is -2.06. The quantitative estimate of drug-likeness (QED) is 0.577. The monoisotopic (exact) mass is 344 g/mol. The number of hydrogen-bond acceptors (Lipinski definition) is 4. The zero-order valence-corrected chi connectivity index (χ0v) is 13.8. The molecule has 0 unspecified atom stereocenters. The topological polar surface area (TPSA) is 79.9 Å². The summed E-state index contributed by atoms with van der Waals surface area (Å²) in [6.45, 7) is 0.494. The third-order valence-electron chi connectivity index (χ3n) is 3.91. The highest BCUT2D eigenvalue weighted by molar-refractivity contribution is 6.05. The molecule has 0 radical (unpaired) electrons. The molecule has 0 aliphatic rings. The minimum absolute atomic E-state index is 0.247. The summed E-state index contributed by atoms with van der Waals surface area (Å²) in [7, 11) is 0. The molecule has 0 saturated carbocycles. The summed E-state index contributed by atoms with van der Waals surface area (Å²) in [5.41, 5.74) is 2.95. The molecule has 0 fully saturated rings. The van der Waals surface area contributed by atoms with Crippen LogP contribution in [0.15, 0.2) is 73.3 Å². The molecule has 0 bridgehead atoms. The summed E-state index contributed by atoms with van der Waals surface area (Å²) in [5, 5.41) is 3.69. The molecular weight excluding hydrogens is 328 g/mol. The first kappa shape index (κ1) is 15.8. The van der Waals surface area contributed by atoms with E-state index in [0.29, 0.717) is 18.0 Å². The third-order valence-corrected chi connectivity index (χ3v) is 3.91. The van der Waals surface area contributed by atoms with Gasteiger partial charge in [-0.3, -0.25) is 4.79 Å². The number of aromatic nitrogens is 3. The molecule has 1 amide bonds. The second-order valence-corrected chi connectivity index (χ2v) is 5.79. The molecule has 4 rings (SSSR count). The van der Waals surface area contributed by atoms with Gasteiger partial charge in [0.1, 0.15) is 24.4 Å². The lowest BCUT2D eigenvalue weighted by atomic mass is 10.2. The number of amides is 1. The number of fused-ring (bicyclic) bond motifs is 1. The molecule has 128 valence electrons. The normalized spacial score (nSPS) is 10.6. The predicted molar refractivity (Wildman–Crippen MR) is 99.1 cm³/mol. The average Bonchev–Trinajstić information content (AvgIpc) is 3.11. The van der Waals surface area contributed by atoms with Crippen LogP contribution < -0.4 is 10.1 Å². The Morgan fingerprint density at radius 1 is 1.04 bits per heavy atom. The van der Waals surface area contributed by atoms with Crippen LogP contribution in [0.1, 0.15) is 16.1 Å². The molecule has 2 N–H and O–H groups in total. The van der Waals surface area contributed by atoms with Crippen molar-refractivity contribution in [1.29, 1.82) is 0 Å². The number of nitrogens with one attached hydrogen (secondary N) is 2. The van der Waals surface area contributed by atoms with E-state index in [1.165, 1.54) is 6.33 Å². The number of carbonyl (C=O) groups is 1. The minimum Gasteiger partial charge on any atom is -0.489 e. The Morgan fingerprint density at radius 2 is 1.85 bits per heavy atom. The van der Waals surface area contributed by atoms with Crippen LogP contribution in [-0.4, -0.2) is 20.9 Å². The third kappa shape index (κ3) is 3.54. The van der Waals surface area contributed by atoms with E-state index in [2.05, 4.69) is 20.3 Å². The van der Waals surface area contributed by atoms with E-state index in [0.717, 1.165) is 22.2 Å². The molecular formula is C20H16N4O2. The highest BCUT2D eigenvalue weighted by Gasteiger charge is 2.11. The van der Waals surface area contributed by atoms with E-state index in [4.69, 9.17) is 4.74 Å². The summed E-state index contributed by atoms with van der Waals surface area (Å²) in [4.78, 5) is 23.2. The van der Waals surface area contributed by atoms with E-state index in [1.807, 2.05) is 48.5 Å².